The van der Waals surface area contributed by atoms with Crippen LogP contribution in [-0.4, -0.2) is 63.3 Å². The van der Waals surface area contributed by atoms with E-state index in [1.807, 2.05) is 0 Å². The van der Waals surface area contributed by atoms with E-state index in [0.29, 0.717) is 0 Å². The van der Waals surface area contributed by atoms with Crippen LogP contribution >= 0.6 is 0 Å². The third kappa shape index (κ3) is 8.22. The lowest BCUT2D eigenvalue weighted by atomic mass is 10.5. The van der Waals surface area contributed by atoms with E-state index in [-0.39, 0.29) is 0 Å². The minimum atomic E-state index is 0.849. The van der Waals surface area contributed by atoms with E-state index < -0.39 is 0 Å². The van der Waals surface area contributed by atoms with Crippen molar-refractivity contribution in [2.75, 3.05) is 53.5 Å². The third-order valence-electron chi connectivity index (χ3n) is 2.31. The van der Waals surface area contributed by atoms with Crippen LogP contribution in [0.3, 0.4) is 0 Å². The summed E-state index contributed by atoms with van der Waals surface area (Å²) in [6, 6.07) is 0. The molecule has 0 aromatic carbocycles. The zero-order valence-corrected chi connectivity index (χ0v) is 9.55. The van der Waals surface area contributed by atoms with Gasteiger partial charge in [-0.2, -0.15) is 0 Å². The SMILES string of the molecule is CCN(C)CCOCCN(C)CC. The lowest BCUT2D eigenvalue weighted by molar-refractivity contribution is 0.0963. The second-order valence-electron chi connectivity index (χ2n) is 3.40. The molecule has 3 nitrogen and oxygen atoms in total. The number of hydrogen-bond donors (Lipinski definition) is 0. The minimum absolute atomic E-state index is 0.849. The smallest absolute Gasteiger partial charge is 0.0593 e. The molecule has 0 unspecified atom stereocenters. The Balaban J connectivity index is 3.08. The Kier molecular flexibility index (Phi) is 8.40. The lowest BCUT2D eigenvalue weighted by Crippen LogP contribution is -2.26. The summed E-state index contributed by atoms with van der Waals surface area (Å²) in [5, 5.41) is 0. The van der Waals surface area contributed by atoms with Gasteiger partial charge in [-0.05, 0) is 27.2 Å². The van der Waals surface area contributed by atoms with Crippen molar-refractivity contribution in [1.82, 2.24) is 9.80 Å². The fourth-order valence-electron chi connectivity index (χ4n) is 0.859. The summed E-state index contributed by atoms with van der Waals surface area (Å²) < 4.78 is 5.50. The Hall–Kier alpha value is -0.120. The molecule has 0 aromatic heterocycles. The maximum Gasteiger partial charge on any atom is 0.0593 e. The van der Waals surface area contributed by atoms with E-state index in [0.717, 1.165) is 39.4 Å². The lowest BCUT2D eigenvalue weighted by Gasteiger charge is -2.16. The molecular formula is C10H24N2O. The minimum Gasteiger partial charge on any atom is -0.379 e. The second kappa shape index (κ2) is 8.48. The molecule has 0 saturated carbocycles. The van der Waals surface area contributed by atoms with Crippen molar-refractivity contribution in [1.29, 1.82) is 0 Å². The second-order valence-corrected chi connectivity index (χ2v) is 3.40. The van der Waals surface area contributed by atoms with Crippen molar-refractivity contribution < 1.29 is 4.74 Å². The third-order valence-corrected chi connectivity index (χ3v) is 2.31. The molecule has 0 aromatic rings. The monoisotopic (exact) mass is 188 g/mol. The first-order valence-corrected chi connectivity index (χ1v) is 5.15. The molecule has 0 amide bonds. The maximum absolute atomic E-state index is 5.50. The predicted octanol–water partition coefficient (Wildman–Crippen LogP) is 0.906. The Morgan fingerprint density at radius 3 is 1.54 bits per heavy atom. The summed E-state index contributed by atoms with van der Waals surface area (Å²) in [6.07, 6.45) is 0. The van der Waals surface area contributed by atoms with Gasteiger partial charge in [0, 0.05) is 13.1 Å². The molecule has 0 heterocycles. The van der Waals surface area contributed by atoms with Crippen molar-refractivity contribution >= 4 is 0 Å². The van der Waals surface area contributed by atoms with Gasteiger partial charge in [-0.15, -0.1) is 0 Å². The summed E-state index contributed by atoms with van der Waals surface area (Å²) in [7, 11) is 4.23. The van der Waals surface area contributed by atoms with Crippen LogP contribution in [0.15, 0.2) is 0 Å². The van der Waals surface area contributed by atoms with Crippen LogP contribution in [0.1, 0.15) is 13.8 Å². The largest absolute Gasteiger partial charge is 0.379 e. The van der Waals surface area contributed by atoms with Gasteiger partial charge in [-0.3, -0.25) is 0 Å². The predicted molar refractivity (Wildman–Crippen MR) is 57.2 cm³/mol. The van der Waals surface area contributed by atoms with E-state index in [4.69, 9.17) is 4.74 Å². The highest BCUT2D eigenvalue weighted by Crippen LogP contribution is 1.84. The fraction of sp³-hybridized carbons (Fsp3) is 1.00. The first kappa shape index (κ1) is 12.9. The van der Waals surface area contributed by atoms with Crippen LogP contribution in [0.4, 0.5) is 0 Å². The Labute approximate surface area is 82.7 Å². The van der Waals surface area contributed by atoms with Gasteiger partial charge in [0.25, 0.3) is 0 Å². The van der Waals surface area contributed by atoms with Crippen molar-refractivity contribution in [3.05, 3.63) is 0 Å². The van der Waals surface area contributed by atoms with Gasteiger partial charge < -0.3 is 14.5 Å². The van der Waals surface area contributed by atoms with Gasteiger partial charge in [0.2, 0.25) is 0 Å². The van der Waals surface area contributed by atoms with Crippen molar-refractivity contribution in [3.8, 4) is 0 Å². The molecule has 0 fully saturated rings. The highest BCUT2D eigenvalue weighted by Gasteiger charge is 1.96. The maximum atomic E-state index is 5.50. The highest BCUT2D eigenvalue weighted by molar-refractivity contribution is 4.48. The average Bonchev–Trinajstić information content (AvgIpc) is 2.16. The van der Waals surface area contributed by atoms with E-state index in [9.17, 15) is 0 Å². The molecule has 0 aliphatic heterocycles. The summed E-state index contributed by atoms with van der Waals surface area (Å²) in [6.45, 7) is 10.3. The van der Waals surface area contributed by atoms with Crippen LogP contribution in [0, 0.1) is 0 Å². The topological polar surface area (TPSA) is 15.7 Å². The van der Waals surface area contributed by atoms with Gasteiger partial charge >= 0.3 is 0 Å². The van der Waals surface area contributed by atoms with Gasteiger partial charge in [0.1, 0.15) is 0 Å². The molecule has 80 valence electrons. The van der Waals surface area contributed by atoms with Crippen molar-refractivity contribution in [2.24, 2.45) is 0 Å². The summed E-state index contributed by atoms with van der Waals surface area (Å²) in [5.74, 6) is 0. The van der Waals surface area contributed by atoms with Crippen LogP contribution in [0.25, 0.3) is 0 Å². The van der Waals surface area contributed by atoms with Crippen LogP contribution in [0.5, 0.6) is 0 Å². The molecular weight excluding hydrogens is 164 g/mol. The summed E-state index contributed by atoms with van der Waals surface area (Å²) in [5.41, 5.74) is 0. The first-order chi connectivity index (χ1) is 6.20. The molecule has 0 atom stereocenters. The Bertz CT molecular complexity index is 97.1. The van der Waals surface area contributed by atoms with Crippen LogP contribution in [-0.2, 0) is 4.74 Å². The number of hydrogen-bond acceptors (Lipinski definition) is 3. The molecule has 0 radical (unpaired) electrons. The molecule has 0 N–H and O–H groups in total. The van der Waals surface area contributed by atoms with E-state index in [1.165, 1.54) is 0 Å². The van der Waals surface area contributed by atoms with E-state index >= 15 is 0 Å². The van der Waals surface area contributed by atoms with Crippen molar-refractivity contribution in [3.63, 3.8) is 0 Å². The Morgan fingerprint density at radius 1 is 0.846 bits per heavy atom. The number of rotatable bonds is 8. The molecule has 0 aliphatic carbocycles. The van der Waals surface area contributed by atoms with Crippen LogP contribution < -0.4 is 0 Å². The van der Waals surface area contributed by atoms with Crippen LogP contribution in [0.2, 0.25) is 0 Å². The molecule has 13 heavy (non-hydrogen) atoms. The fourth-order valence-corrected chi connectivity index (χ4v) is 0.859. The number of likely N-dealkylation sites (N-methyl/N-ethyl adjacent to an activating group) is 2. The Morgan fingerprint density at radius 2 is 1.23 bits per heavy atom. The number of nitrogens with zero attached hydrogens (tertiary/aromatic N) is 2. The first-order valence-electron chi connectivity index (χ1n) is 5.15. The van der Waals surface area contributed by atoms with Gasteiger partial charge in [-0.1, -0.05) is 13.8 Å². The normalized spacial score (nSPS) is 11.5. The van der Waals surface area contributed by atoms with E-state index in [2.05, 4.69) is 37.7 Å². The summed E-state index contributed by atoms with van der Waals surface area (Å²) in [4.78, 5) is 4.51. The molecule has 0 rings (SSSR count). The standard InChI is InChI=1S/C10H24N2O/c1-5-11(3)7-9-13-10-8-12(4)6-2/h5-10H2,1-4H3. The highest BCUT2D eigenvalue weighted by atomic mass is 16.5. The summed E-state index contributed by atoms with van der Waals surface area (Å²) >= 11 is 0. The number of ether oxygens (including phenoxy) is 1. The zero-order chi connectivity index (χ0) is 10.1. The molecule has 3 heteroatoms. The molecule has 0 bridgehead atoms. The van der Waals surface area contributed by atoms with Crippen molar-refractivity contribution in [2.45, 2.75) is 13.8 Å². The molecule has 0 saturated heterocycles. The van der Waals surface area contributed by atoms with Gasteiger partial charge in [-0.25, -0.2) is 0 Å². The zero-order valence-electron chi connectivity index (χ0n) is 9.55. The van der Waals surface area contributed by atoms with E-state index in [1.54, 1.807) is 0 Å². The quantitative estimate of drug-likeness (QED) is 0.527. The molecule has 0 spiro atoms. The van der Waals surface area contributed by atoms with Gasteiger partial charge in [0.15, 0.2) is 0 Å². The molecule has 0 aliphatic rings. The van der Waals surface area contributed by atoms with Gasteiger partial charge in [0.05, 0.1) is 13.2 Å². The average molecular weight is 188 g/mol.